The molecule has 5 heteroatoms. The van der Waals surface area contributed by atoms with Crippen molar-refractivity contribution >= 4 is 11.6 Å². The van der Waals surface area contributed by atoms with Gasteiger partial charge in [-0.15, -0.1) is 0 Å². The van der Waals surface area contributed by atoms with Crippen molar-refractivity contribution in [1.29, 1.82) is 0 Å². The molecule has 0 spiro atoms. The van der Waals surface area contributed by atoms with Crippen molar-refractivity contribution in [3.63, 3.8) is 0 Å². The summed E-state index contributed by atoms with van der Waals surface area (Å²) in [5, 5.41) is 5.42. The molecule has 0 aromatic carbocycles. The quantitative estimate of drug-likeness (QED) is 0.861. The second kappa shape index (κ2) is 6.74. The Morgan fingerprint density at radius 2 is 2.05 bits per heavy atom. The van der Waals surface area contributed by atoms with E-state index < -0.39 is 0 Å². The molecule has 0 bridgehead atoms. The fourth-order valence-corrected chi connectivity index (χ4v) is 3.11. The molecule has 0 amide bonds. The molecule has 2 fully saturated rings. The van der Waals surface area contributed by atoms with Crippen molar-refractivity contribution in [3.8, 4) is 5.88 Å². The molecular weight excluding hydrogens is 276 g/mol. The van der Waals surface area contributed by atoms with Crippen LogP contribution in [0.15, 0.2) is 18.3 Å². The summed E-state index contributed by atoms with van der Waals surface area (Å²) < 4.78 is 11.4. The topological polar surface area (TPSA) is 45.5 Å². The summed E-state index contributed by atoms with van der Waals surface area (Å²) in [4.78, 5) is 4.21. The third-order valence-corrected chi connectivity index (χ3v) is 4.34. The Morgan fingerprint density at radius 3 is 2.80 bits per heavy atom. The Morgan fingerprint density at radius 1 is 1.20 bits per heavy atom. The predicted octanol–water partition coefficient (Wildman–Crippen LogP) is 2.68. The van der Waals surface area contributed by atoms with E-state index in [1.165, 1.54) is 0 Å². The van der Waals surface area contributed by atoms with Gasteiger partial charge in [0.1, 0.15) is 6.10 Å². The van der Waals surface area contributed by atoms with E-state index in [2.05, 4.69) is 4.98 Å². The average Bonchev–Trinajstić information content (AvgIpc) is 2.51. The summed E-state index contributed by atoms with van der Waals surface area (Å²) >= 11 is 5.83. The van der Waals surface area contributed by atoms with Crippen LogP contribution in [0.5, 0.6) is 5.88 Å². The zero-order valence-corrected chi connectivity index (χ0v) is 12.3. The van der Waals surface area contributed by atoms with E-state index in [-0.39, 0.29) is 6.10 Å². The van der Waals surface area contributed by atoms with Gasteiger partial charge in [0.05, 0.1) is 5.02 Å². The van der Waals surface area contributed by atoms with Gasteiger partial charge in [0, 0.05) is 44.5 Å². The SMILES string of the molecule is Clc1ccc(OC2CC[N]C(C3CCOCC3)C2)nc1. The van der Waals surface area contributed by atoms with Crippen molar-refractivity contribution in [2.45, 2.75) is 37.8 Å². The number of rotatable bonds is 3. The van der Waals surface area contributed by atoms with E-state index in [0.717, 1.165) is 45.4 Å². The highest BCUT2D eigenvalue weighted by molar-refractivity contribution is 6.30. The highest BCUT2D eigenvalue weighted by Gasteiger charge is 2.31. The number of piperidine rings is 1. The molecular formula is C15H20ClN2O2. The Balaban J connectivity index is 1.56. The maximum Gasteiger partial charge on any atom is 0.213 e. The van der Waals surface area contributed by atoms with Crippen molar-refractivity contribution in [3.05, 3.63) is 23.4 Å². The first-order valence-electron chi connectivity index (χ1n) is 7.34. The number of halogens is 1. The van der Waals surface area contributed by atoms with Crippen LogP contribution in [0.3, 0.4) is 0 Å². The number of hydrogen-bond donors (Lipinski definition) is 0. The fourth-order valence-electron chi connectivity index (χ4n) is 3.00. The van der Waals surface area contributed by atoms with Crippen molar-refractivity contribution < 1.29 is 9.47 Å². The van der Waals surface area contributed by atoms with Crippen molar-refractivity contribution in [2.24, 2.45) is 5.92 Å². The van der Waals surface area contributed by atoms with Crippen LogP contribution in [-0.2, 0) is 4.74 Å². The Labute approximate surface area is 124 Å². The van der Waals surface area contributed by atoms with E-state index in [9.17, 15) is 0 Å². The zero-order valence-electron chi connectivity index (χ0n) is 11.5. The van der Waals surface area contributed by atoms with E-state index in [1.807, 2.05) is 12.1 Å². The molecule has 2 atom stereocenters. The summed E-state index contributed by atoms with van der Waals surface area (Å²) in [6.07, 6.45) is 6.06. The first-order chi connectivity index (χ1) is 9.81. The molecule has 1 aromatic heterocycles. The van der Waals surface area contributed by atoms with Crippen molar-refractivity contribution in [2.75, 3.05) is 19.8 Å². The molecule has 1 radical (unpaired) electrons. The maximum absolute atomic E-state index is 5.97. The van der Waals surface area contributed by atoms with Crippen LogP contribution in [0.1, 0.15) is 25.7 Å². The van der Waals surface area contributed by atoms with Gasteiger partial charge in [-0.1, -0.05) is 11.6 Å². The molecule has 0 N–H and O–H groups in total. The van der Waals surface area contributed by atoms with Crippen molar-refractivity contribution in [1.82, 2.24) is 10.3 Å². The van der Waals surface area contributed by atoms with E-state index in [1.54, 1.807) is 6.20 Å². The molecule has 3 rings (SSSR count). The lowest BCUT2D eigenvalue weighted by Gasteiger charge is -2.35. The van der Waals surface area contributed by atoms with Gasteiger partial charge in [0.2, 0.25) is 5.88 Å². The minimum Gasteiger partial charge on any atom is -0.474 e. The second-order valence-corrected chi connectivity index (χ2v) is 5.94. The molecule has 109 valence electrons. The molecule has 2 unspecified atom stereocenters. The first-order valence-corrected chi connectivity index (χ1v) is 7.71. The third kappa shape index (κ3) is 3.62. The highest BCUT2D eigenvalue weighted by atomic mass is 35.5. The predicted molar refractivity (Wildman–Crippen MR) is 77.2 cm³/mol. The summed E-state index contributed by atoms with van der Waals surface area (Å²) in [6, 6.07) is 4.06. The smallest absolute Gasteiger partial charge is 0.213 e. The standard InChI is InChI=1S/C15H20ClN2O2/c16-12-1-2-15(18-10-12)20-13-3-6-17-14(9-13)11-4-7-19-8-5-11/h1-2,10-11,13-14H,3-9H2. The van der Waals surface area contributed by atoms with Crippen LogP contribution in [0.4, 0.5) is 0 Å². The Kier molecular flexibility index (Phi) is 4.76. The van der Waals surface area contributed by atoms with Gasteiger partial charge in [0.15, 0.2) is 0 Å². The number of hydrogen-bond acceptors (Lipinski definition) is 3. The molecule has 3 heterocycles. The molecule has 4 nitrogen and oxygen atoms in total. The van der Waals surface area contributed by atoms with Gasteiger partial charge in [-0.05, 0) is 31.2 Å². The minimum atomic E-state index is 0.217. The minimum absolute atomic E-state index is 0.217. The second-order valence-electron chi connectivity index (χ2n) is 5.50. The van der Waals surface area contributed by atoms with Crippen LogP contribution in [0, 0.1) is 5.92 Å². The highest BCUT2D eigenvalue weighted by Crippen LogP contribution is 2.27. The summed E-state index contributed by atoms with van der Waals surface area (Å²) in [6.45, 7) is 2.64. The van der Waals surface area contributed by atoms with Gasteiger partial charge in [0.25, 0.3) is 0 Å². The number of aromatic nitrogens is 1. The molecule has 20 heavy (non-hydrogen) atoms. The van der Waals surface area contributed by atoms with Crippen LogP contribution in [0.2, 0.25) is 5.02 Å². The van der Waals surface area contributed by atoms with Crippen LogP contribution < -0.4 is 10.1 Å². The van der Waals surface area contributed by atoms with E-state index in [0.29, 0.717) is 22.9 Å². The number of pyridine rings is 1. The third-order valence-electron chi connectivity index (χ3n) is 4.12. The maximum atomic E-state index is 5.97. The lowest BCUT2D eigenvalue weighted by molar-refractivity contribution is 0.0350. The number of ether oxygens (including phenoxy) is 2. The summed E-state index contributed by atoms with van der Waals surface area (Å²) in [7, 11) is 0. The zero-order chi connectivity index (χ0) is 13.8. The van der Waals surface area contributed by atoms with Gasteiger partial charge in [-0.3, -0.25) is 0 Å². The number of nitrogens with zero attached hydrogens (tertiary/aromatic N) is 2. The summed E-state index contributed by atoms with van der Waals surface area (Å²) in [5.74, 6) is 1.32. The van der Waals surface area contributed by atoms with E-state index >= 15 is 0 Å². The molecule has 0 saturated carbocycles. The normalized spacial score (nSPS) is 28.2. The summed E-state index contributed by atoms with van der Waals surface area (Å²) in [5.41, 5.74) is 0. The molecule has 1 aromatic rings. The lowest BCUT2D eigenvalue weighted by atomic mass is 9.85. The van der Waals surface area contributed by atoms with E-state index in [4.69, 9.17) is 26.4 Å². The average molecular weight is 296 g/mol. The Hall–Kier alpha value is -0.840. The molecule has 2 aliphatic heterocycles. The van der Waals surface area contributed by atoms with Crippen LogP contribution >= 0.6 is 11.6 Å². The monoisotopic (exact) mass is 295 g/mol. The van der Waals surface area contributed by atoms with Gasteiger partial charge >= 0.3 is 0 Å². The van der Waals surface area contributed by atoms with Gasteiger partial charge in [-0.25, -0.2) is 10.3 Å². The Bertz CT molecular complexity index is 420. The van der Waals surface area contributed by atoms with Gasteiger partial charge in [-0.2, -0.15) is 0 Å². The van der Waals surface area contributed by atoms with Gasteiger partial charge < -0.3 is 9.47 Å². The van der Waals surface area contributed by atoms with Crippen LogP contribution in [0.25, 0.3) is 0 Å². The molecule has 2 aliphatic rings. The lowest BCUT2D eigenvalue weighted by Crippen LogP contribution is -2.44. The fraction of sp³-hybridized carbons (Fsp3) is 0.667. The van der Waals surface area contributed by atoms with Crippen LogP contribution in [-0.4, -0.2) is 36.9 Å². The molecule has 2 saturated heterocycles. The first kappa shape index (κ1) is 14.1. The molecule has 0 aliphatic carbocycles. The largest absolute Gasteiger partial charge is 0.474 e.